The molecular formula is C12H16ClN3. The first kappa shape index (κ1) is 11.4. The molecule has 0 saturated heterocycles. The fourth-order valence-electron chi connectivity index (χ4n) is 2.04. The first-order chi connectivity index (χ1) is 7.63. The van der Waals surface area contributed by atoms with E-state index in [1.54, 1.807) is 0 Å². The molecule has 0 aliphatic heterocycles. The number of likely N-dealkylation sites (N-methyl/N-ethyl adjacent to an activating group) is 1. The summed E-state index contributed by atoms with van der Waals surface area (Å²) < 4.78 is 2.15. The minimum absolute atomic E-state index is 0.753. The van der Waals surface area contributed by atoms with Gasteiger partial charge in [0.2, 0.25) is 0 Å². The molecule has 1 N–H and O–H groups in total. The van der Waals surface area contributed by atoms with Gasteiger partial charge >= 0.3 is 0 Å². The van der Waals surface area contributed by atoms with E-state index in [0.717, 1.165) is 29.3 Å². The Kier molecular flexibility index (Phi) is 3.17. The van der Waals surface area contributed by atoms with Gasteiger partial charge in [-0.05, 0) is 31.7 Å². The normalized spacial score (nSPS) is 11.2. The molecule has 3 nitrogen and oxygen atoms in total. The number of nitrogens with zero attached hydrogens (tertiary/aromatic N) is 2. The highest BCUT2D eigenvalue weighted by molar-refractivity contribution is 6.31. The summed E-state index contributed by atoms with van der Waals surface area (Å²) in [6.45, 7) is 3.00. The van der Waals surface area contributed by atoms with Crippen LogP contribution in [0.4, 0.5) is 0 Å². The zero-order valence-corrected chi connectivity index (χ0v) is 10.6. The van der Waals surface area contributed by atoms with Gasteiger partial charge in [-0.25, -0.2) is 4.98 Å². The highest BCUT2D eigenvalue weighted by Gasteiger charge is 2.10. The maximum absolute atomic E-state index is 6.03. The second-order valence-electron chi connectivity index (χ2n) is 4.03. The van der Waals surface area contributed by atoms with E-state index >= 15 is 0 Å². The number of halogens is 1. The molecule has 0 atom stereocenters. The quantitative estimate of drug-likeness (QED) is 0.888. The van der Waals surface area contributed by atoms with E-state index in [0.29, 0.717) is 0 Å². The van der Waals surface area contributed by atoms with Crippen LogP contribution in [0, 0.1) is 6.92 Å². The number of benzene rings is 1. The molecule has 86 valence electrons. The Morgan fingerprint density at radius 3 is 2.88 bits per heavy atom. The highest BCUT2D eigenvalue weighted by atomic mass is 35.5. The second-order valence-corrected chi connectivity index (χ2v) is 4.47. The summed E-state index contributed by atoms with van der Waals surface area (Å²) in [6.07, 6.45) is 0.929. The number of aryl methyl sites for hydroxylation is 2. The van der Waals surface area contributed by atoms with Crippen LogP contribution in [0.2, 0.25) is 5.02 Å². The Labute approximate surface area is 100 Å². The SMILES string of the molecule is CNCCc1nc2cc(Cl)cc(C)c2n1C. The van der Waals surface area contributed by atoms with Crippen molar-refractivity contribution in [2.24, 2.45) is 7.05 Å². The Balaban J connectivity index is 2.54. The van der Waals surface area contributed by atoms with Gasteiger partial charge in [0.15, 0.2) is 0 Å². The summed E-state index contributed by atoms with van der Waals surface area (Å²) in [4.78, 5) is 4.61. The molecule has 2 rings (SSSR count). The molecule has 0 bridgehead atoms. The summed E-state index contributed by atoms with van der Waals surface area (Å²) in [6, 6.07) is 3.90. The van der Waals surface area contributed by atoms with Crippen LogP contribution in [0.25, 0.3) is 11.0 Å². The first-order valence-electron chi connectivity index (χ1n) is 5.39. The molecule has 0 radical (unpaired) electrons. The number of aromatic nitrogens is 2. The van der Waals surface area contributed by atoms with Gasteiger partial charge in [0.05, 0.1) is 11.0 Å². The molecule has 0 spiro atoms. The van der Waals surface area contributed by atoms with Crippen molar-refractivity contribution in [1.82, 2.24) is 14.9 Å². The molecule has 4 heteroatoms. The number of imidazole rings is 1. The smallest absolute Gasteiger partial charge is 0.110 e. The first-order valence-corrected chi connectivity index (χ1v) is 5.77. The van der Waals surface area contributed by atoms with E-state index in [1.807, 2.05) is 19.2 Å². The molecule has 0 unspecified atom stereocenters. The predicted molar refractivity (Wildman–Crippen MR) is 68.1 cm³/mol. The van der Waals surface area contributed by atoms with Crippen molar-refractivity contribution in [3.8, 4) is 0 Å². The third-order valence-corrected chi connectivity index (χ3v) is 3.03. The van der Waals surface area contributed by atoms with E-state index in [2.05, 4.69) is 28.8 Å². The summed E-state index contributed by atoms with van der Waals surface area (Å²) in [5.41, 5.74) is 3.34. The van der Waals surface area contributed by atoms with Crippen molar-refractivity contribution in [2.45, 2.75) is 13.3 Å². The molecule has 1 heterocycles. The van der Waals surface area contributed by atoms with E-state index < -0.39 is 0 Å². The van der Waals surface area contributed by atoms with Crippen LogP contribution in [0.15, 0.2) is 12.1 Å². The summed E-state index contributed by atoms with van der Waals surface area (Å²) >= 11 is 6.03. The molecule has 1 aromatic carbocycles. The summed E-state index contributed by atoms with van der Waals surface area (Å²) in [7, 11) is 4.01. The fraction of sp³-hybridized carbons (Fsp3) is 0.417. The van der Waals surface area contributed by atoms with Gasteiger partial charge in [-0.15, -0.1) is 0 Å². The van der Waals surface area contributed by atoms with Gasteiger partial charge in [0.25, 0.3) is 0 Å². The van der Waals surface area contributed by atoms with Gasteiger partial charge in [-0.2, -0.15) is 0 Å². The molecule has 0 aliphatic rings. The molecule has 2 aromatic rings. The average Bonchev–Trinajstić information content (AvgIpc) is 2.52. The predicted octanol–water partition coefficient (Wildman–Crippen LogP) is 2.30. The Hall–Kier alpha value is -1.06. The van der Waals surface area contributed by atoms with E-state index in [-0.39, 0.29) is 0 Å². The molecule has 0 aliphatic carbocycles. The van der Waals surface area contributed by atoms with Gasteiger partial charge < -0.3 is 9.88 Å². The van der Waals surface area contributed by atoms with Crippen LogP contribution in [0.3, 0.4) is 0 Å². The van der Waals surface area contributed by atoms with Gasteiger partial charge in [-0.3, -0.25) is 0 Å². The van der Waals surface area contributed by atoms with Crippen molar-refractivity contribution in [3.63, 3.8) is 0 Å². The lowest BCUT2D eigenvalue weighted by Gasteiger charge is -2.03. The lowest BCUT2D eigenvalue weighted by Crippen LogP contribution is -2.13. The minimum Gasteiger partial charge on any atom is -0.331 e. The number of fused-ring (bicyclic) bond motifs is 1. The number of hydrogen-bond donors (Lipinski definition) is 1. The lowest BCUT2D eigenvalue weighted by molar-refractivity contribution is 0.725. The molecule has 16 heavy (non-hydrogen) atoms. The molecule has 0 fully saturated rings. The van der Waals surface area contributed by atoms with E-state index in [1.165, 1.54) is 11.1 Å². The molecule has 1 aromatic heterocycles. The average molecular weight is 238 g/mol. The lowest BCUT2D eigenvalue weighted by atomic mass is 10.2. The Bertz CT molecular complexity index is 516. The fourth-order valence-corrected chi connectivity index (χ4v) is 2.31. The third kappa shape index (κ3) is 1.93. The second kappa shape index (κ2) is 4.44. The van der Waals surface area contributed by atoms with Crippen LogP contribution >= 0.6 is 11.6 Å². The number of nitrogens with one attached hydrogen (secondary N) is 1. The highest BCUT2D eigenvalue weighted by Crippen LogP contribution is 2.23. The third-order valence-electron chi connectivity index (χ3n) is 2.82. The van der Waals surface area contributed by atoms with Crippen molar-refractivity contribution in [3.05, 3.63) is 28.5 Å². The van der Waals surface area contributed by atoms with Crippen molar-refractivity contribution in [2.75, 3.05) is 13.6 Å². The zero-order valence-electron chi connectivity index (χ0n) is 9.84. The standard InChI is InChI=1S/C12H16ClN3/c1-8-6-9(13)7-10-12(8)16(3)11(15-10)4-5-14-2/h6-7,14H,4-5H2,1-3H3. The van der Waals surface area contributed by atoms with Crippen LogP contribution in [-0.2, 0) is 13.5 Å². The largest absolute Gasteiger partial charge is 0.331 e. The molecule has 0 saturated carbocycles. The van der Waals surface area contributed by atoms with Crippen LogP contribution < -0.4 is 5.32 Å². The van der Waals surface area contributed by atoms with Gasteiger partial charge in [0, 0.05) is 25.0 Å². The van der Waals surface area contributed by atoms with E-state index in [9.17, 15) is 0 Å². The van der Waals surface area contributed by atoms with Gasteiger partial charge in [-0.1, -0.05) is 11.6 Å². The molecule has 0 amide bonds. The van der Waals surface area contributed by atoms with Crippen LogP contribution in [-0.4, -0.2) is 23.1 Å². The maximum Gasteiger partial charge on any atom is 0.110 e. The van der Waals surface area contributed by atoms with Crippen molar-refractivity contribution >= 4 is 22.6 Å². The number of hydrogen-bond acceptors (Lipinski definition) is 2. The van der Waals surface area contributed by atoms with E-state index in [4.69, 9.17) is 11.6 Å². The summed E-state index contributed by atoms with van der Waals surface area (Å²) in [5, 5.41) is 3.89. The van der Waals surface area contributed by atoms with Gasteiger partial charge in [0.1, 0.15) is 5.82 Å². The Morgan fingerprint density at radius 1 is 1.44 bits per heavy atom. The Morgan fingerprint density at radius 2 is 2.19 bits per heavy atom. The molecular weight excluding hydrogens is 222 g/mol. The maximum atomic E-state index is 6.03. The van der Waals surface area contributed by atoms with Crippen molar-refractivity contribution < 1.29 is 0 Å². The summed E-state index contributed by atoms with van der Waals surface area (Å²) in [5.74, 6) is 1.09. The van der Waals surface area contributed by atoms with Crippen LogP contribution in [0.1, 0.15) is 11.4 Å². The topological polar surface area (TPSA) is 29.9 Å². The number of rotatable bonds is 3. The zero-order chi connectivity index (χ0) is 11.7. The minimum atomic E-state index is 0.753. The monoisotopic (exact) mass is 237 g/mol. The van der Waals surface area contributed by atoms with Crippen LogP contribution in [0.5, 0.6) is 0 Å². The van der Waals surface area contributed by atoms with Crippen molar-refractivity contribution in [1.29, 1.82) is 0 Å².